The van der Waals surface area contributed by atoms with Gasteiger partial charge in [0.25, 0.3) is 0 Å². The number of hydrogen-bond donors (Lipinski definition) is 0. The number of rotatable bonds is 2. The molecule has 4 nitrogen and oxygen atoms in total. The van der Waals surface area contributed by atoms with E-state index in [4.69, 9.17) is 18.9 Å². The van der Waals surface area contributed by atoms with Crippen LogP contribution < -0.4 is 0 Å². The molecule has 0 spiro atoms. The second kappa shape index (κ2) is 3.40. The molecule has 0 atom stereocenters. The molecule has 4 heteroatoms. The normalized spacial score (nSPS) is 28.0. The maximum Gasteiger partial charge on any atom is 0.313 e. The fourth-order valence-corrected chi connectivity index (χ4v) is 1.10. The van der Waals surface area contributed by atoms with Gasteiger partial charge in [-0.2, -0.15) is 0 Å². The summed E-state index contributed by atoms with van der Waals surface area (Å²) in [6.45, 7) is 2.64. The monoisotopic (exact) mass is 159 g/mol. The number of ether oxygens (including phenoxy) is 4. The number of hydrogen-bond acceptors (Lipinski definition) is 4. The molecule has 0 aromatic carbocycles. The highest BCUT2D eigenvalue weighted by Gasteiger charge is 2.34. The van der Waals surface area contributed by atoms with Crippen molar-refractivity contribution in [1.29, 1.82) is 0 Å². The first kappa shape index (κ1) is 7.36. The molecule has 0 saturated carbocycles. The van der Waals surface area contributed by atoms with Gasteiger partial charge in [-0.15, -0.1) is 0 Å². The molecule has 2 aliphatic rings. The van der Waals surface area contributed by atoms with Crippen LogP contribution in [0.4, 0.5) is 0 Å². The standard InChI is InChI=1S/C7H11O4/c1-2-9-6(8-1)5-7-10-3-4-11-7/h5-7H,1-4H2/q+1. The van der Waals surface area contributed by atoms with E-state index in [9.17, 15) is 0 Å². The summed E-state index contributed by atoms with van der Waals surface area (Å²) in [7, 11) is 0. The van der Waals surface area contributed by atoms with E-state index in [0.717, 1.165) is 0 Å². The highest BCUT2D eigenvalue weighted by atomic mass is 16.7. The minimum atomic E-state index is -0.238. The van der Waals surface area contributed by atoms with Crippen molar-refractivity contribution in [3.63, 3.8) is 0 Å². The van der Waals surface area contributed by atoms with Crippen molar-refractivity contribution in [1.82, 2.24) is 0 Å². The van der Waals surface area contributed by atoms with Gasteiger partial charge in [-0.25, -0.2) is 0 Å². The Morgan fingerprint density at radius 2 is 1.09 bits per heavy atom. The third-order valence-corrected chi connectivity index (χ3v) is 1.61. The molecule has 0 radical (unpaired) electrons. The Balaban J connectivity index is 1.71. The zero-order valence-corrected chi connectivity index (χ0v) is 6.19. The molecule has 2 rings (SSSR count). The van der Waals surface area contributed by atoms with Gasteiger partial charge >= 0.3 is 12.6 Å². The van der Waals surface area contributed by atoms with Gasteiger partial charge in [0.15, 0.2) is 6.42 Å². The lowest BCUT2D eigenvalue weighted by molar-refractivity contribution is -0.0796. The molecule has 0 unspecified atom stereocenters. The van der Waals surface area contributed by atoms with Crippen molar-refractivity contribution in [2.75, 3.05) is 26.4 Å². The van der Waals surface area contributed by atoms with Crippen LogP contribution >= 0.6 is 0 Å². The molecule has 2 saturated heterocycles. The van der Waals surface area contributed by atoms with Crippen molar-refractivity contribution in [2.24, 2.45) is 0 Å². The Bertz CT molecular complexity index is 102. The van der Waals surface area contributed by atoms with Gasteiger partial charge in [-0.1, -0.05) is 0 Å². The molecule has 11 heavy (non-hydrogen) atoms. The van der Waals surface area contributed by atoms with Crippen LogP contribution in [0, 0.1) is 6.42 Å². The first-order valence-electron chi connectivity index (χ1n) is 3.76. The van der Waals surface area contributed by atoms with E-state index in [-0.39, 0.29) is 12.6 Å². The van der Waals surface area contributed by atoms with Crippen LogP contribution in [0.25, 0.3) is 0 Å². The van der Waals surface area contributed by atoms with Crippen LogP contribution in [0.2, 0.25) is 0 Å². The molecule has 2 fully saturated rings. The fraction of sp³-hybridized carbons (Fsp3) is 0.857. The van der Waals surface area contributed by atoms with E-state index >= 15 is 0 Å². The van der Waals surface area contributed by atoms with Crippen molar-refractivity contribution in [2.45, 2.75) is 12.6 Å². The Kier molecular flexibility index (Phi) is 2.28. The van der Waals surface area contributed by atoms with Crippen LogP contribution in [0.15, 0.2) is 0 Å². The van der Waals surface area contributed by atoms with E-state index in [2.05, 4.69) is 0 Å². The third-order valence-electron chi connectivity index (χ3n) is 1.61. The van der Waals surface area contributed by atoms with E-state index in [1.54, 1.807) is 6.42 Å². The van der Waals surface area contributed by atoms with Crippen LogP contribution in [0.3, 0.4) is 0 Å². The second-order valence-electron chi connectivity index (χ2n) is 2.41. The van der Waals surface area contributed by atoms with Gasteiger partial charge in [-0.05, 0) is 0 Å². The molecule has 2 heterocycles. The van der Waals surface area contributed by atoms with E-state index in [1.165, 1.54) is 0 Å². The molecule has 0 N–H and O–H groups in total. The van der Waals surface area contributed by atoms with Gasteiger partial charge < -0.3 is 18.9 Å². The molecular weight excluding hydrogens is 148 g/mol. The summed E-state index contributed by atoms with van der Waals surface area (Å²) in [5, 5.41) is 0. The maximum atomic E-state index is 5.18. The summed E-state index contributed by atoms with van der Waals surface area (Å²) in [6.07, 6.45) is 1.32. The fourth-order valence-electron chi connectivity index (χ4n) is 1.10. The molecule has 0 amide bonds. The van der Waals surface area contributed by atoms with E-state index < -0.39 is 0 Å². The highest BCUT2D eigenvalue weighted by molar-refractivity contribution is 4.78. The van der Waals surface area contributed by atoms with Gasteiger partial charge in [0.05, 0.1) is 26.4 Å². The second-order valence-corrected chi connectivity index (χ2v) is 2.41. The Hall–Kier alpha value is -0.290. The topological polar surface area (TPSA) is 36.9 Å². The van der Waals surface area contributed by atoms with Crippen LogP contribution in [0.1, 0.15) is 0 Å². The van der Waals surface area contributed by atoms with Gasteiger partial charge in [-0.3, -0.25) is 0 Å². The van der Waals surface area contributed by atoms with E-state index in [1.807, 2.05) is 0 Å². The Labute approximate surface area is 65.4 Å². The average Bonchev–Trinajstić information content (AvgIpc) is 2.60. The summed E-state index contributed by atoms with van der Waals surface area (Å²) >= 11 is 0. The summed E-state index contributed by atoms with van der Waals surface area (Å²) in [5.74, 6) is 0. The first-order valence-corrected chi connectivity index (χ1v) is 3.76. The summed E-state index contributed by atoms with van der Waals surface area (Å²) < 4.78 is 20.7. The molecule has 2 aliphatic heterocycles. The lowest BCUT2D eigenvalue weighted by Gasteiger charge is -2.02. The summed E-state index contributed by atoms with van der Waals surface area (Å²) in [6, 6.07) is 0. The highest BCUT2D eigenvalue weighted by Crippen LogP contribution is 2.14. The zero-order valence-electron chi connectivity index (χ0n) is 6.19. The van der Waals surface area contributed by atoms with Gasteiger partial charge in [0.2, 0.25) is 0 Å². The van der Waals surface area contributed by atoms with Crippen molar-refractivity contribution >= 4 is 0 Å². The third kappa shape index (κ3) is 1.84. The predicted molar refractivity (Wildman–Crippen MR) is 35.7 cm³/mol. The zero-order chi connectivity index (χ0) is 7.52. The molecule has 0 aromatic rings. The van der Waals surface area contributed by atoms with Crippen molar-refractivity contribution in [3.05, 3.63) is 6.42 Å². The first-order chi connectivity index (χ1) is 5.45. The Morgan fingerprint density at radius 1 is 0.727 bits per heavy atom. The van der Waals surface area contributed by atoms with Gasteiger partial charge in [0, 0.05) is 0 Å². The largest absolute Gasteiger partial charge is 0.313 e. The minimum Gasteiger partial charge on any atom is -0.313 e. The van der Waals surface area contributed by atoms with Crippen molar-refractivity contribution in [3.8, 4) is 0 Å². The molecule has 0 aliphatic carbocycles. The van der Waals surface area contributed by atoms with Crippen LogP contribution in [-0.4, -0.2) is 39.0 Å². The predicted octanol–water partition coefficient (Wildman–Crippen LogP) is -0.0635. The average molecular weight is 159 g/mol. The minimum absolute atomic E-state index is 0.238. The molecule has 0 aromatic heterocycles. The summed E-state index contributed by atoms with van der Waals surface area (Å²) in [4.78, 5) is 0. The lowest BCUT2D eigenvalue weighted by Crippen LogP contribution is -2.20. The Morgan fingerprint density at radius 3 is 1.45 bits per heavy atom. The molecular formula is C7H11O4+. The van der Waals surface area contributed by atoms with Crippen LogP contribution in [0.5, 0.6) is 0 Å². The maximum absolute atomic E-state index is 5.18. The molecule has 62 valence electrons. The van der Waals surface area contributed by atoms with Crippen LogP contribution in [-0.2, 0) is 18.9 Å². The van der Waals surface area contributed by atoms with Crippen molar-refractivity contribution < 1.29 is 18.9 Å². The quantitative estimate of drug-likeness (QED) is 0.529. The SMILES string of the molecule is [CH+](C1OCCO1)C1OCCO1. The van der Waals surface area contributed by atoms with Gasteiger partial charge in [0.1, 0.15) is 0 Å². The summed E-state index contributed by atoms with van der Waals surface area (Å²) in [5.41, 5.74) is 0. The lowest BCUT2D eigenvalue weighted by atomic mass is 10.4. The smallest absolute Gasteiger partial charge is 0.313 e. The van der Waals surface area contributed by atoms with E-state index in [0.29, 0.717) is 26.4 Å². The molecule has 0 bridgehead atoms.